The molecule has 1 aromatic heterocycles. The van der Waals surface area contributed by atoms with E-state index in [2.05, 4.69) is 54.9 Å². The third-order valence-electron chi connectivity index (χ3n) is 4.63. The summed E-state index contributed by atoms with van der Waals surface area (Å²) in [5.74, 6) is 1.17. The summed E-state index contributed by atoms with van der Waals surface area (Å²) in [6.45, 7) is 4.58. The number of nitrogens with zero attached hydrogens (tertiary/aromatic N) is 2. The molecule has 0 spiro atoms. The van der Waals surface area contributed by atoms with Crippen LogP contribution in [0.4, 0.5) is 0 Å². The van der Waals surface area contributed by atoms with Crippen molar-refractivity contribution in [2.75, 3.05) is 12.8 Å². The largest absolute Gasteiger partial charge is 0.316 e. The molecule has 0 saturated heterocycles. The van der Waals surface area contributed by atoms with Crippen LogP contribution in [0.2, 0.25) is 0 Å². The van der Waals surface area contributed by atoms with Crippen LogP contribution in [0.5, 0.6) is 0 Å². The SMILES string of the molecule is CCC(C)SCC(Cc1ccn(C2CCCCC2)n1)NC. The van der Waals surface area contributed by atoms with Crippen molar-refractivity contribution in [1.29, 1.82) is 0 Å². The topological polar surface area (TPSA) is 29.9 Å². The van der Waals surface area contributed by atoms with Gasteiger partial charge >= 0.3 is 0 Å². The van der Waals surface area contributed by atoms with Crippen molar-refractivity contribution in [3.05, 3.63) is 18.0 Å². The van der Waals surface area contributed by atoms with Gasteiger partial charge in [0.05, 0.1) is 11.7 Å². The summed E-state index contributed by atoms with van der Waals surface area (Å²) in [6.07, 6.45) is 11.2. The summed E-state index contributed by atoms with van der Waals surface area (Å²) >= 11 is 2.07. The average Bonchev–Trinajstić information content (AvgIpc) is 3.00. The quantitative estimate of drug-likeness (QED) is 0.785. The van der Waals surface area contributed by atoms with Gasteiger partial charge in [0.15, 0.2) is 0 Å². The van der Waals surface area contributed by atoms with Crippen LogP contribution >= 0.6 is 11.8 Å². The van der Waals surface area contributed by atoms with Crippen LogP contribution in [0.25, 0.3) is 0 Å². The standard InChI is InChI=1S/C17H31N3S/c1-4-14(2)21-13-16(18-3)12-15-10-11-20(19-15)17-8-6-5-7-9-17/h10-11,14,16-18H,4-9,12-13H2,1-3H3. The lowest BCUT2D eigenvalue weighted by molar-refractivity contribution is 0.327. The van der Waals surface area contributed by atoms with Crippen molar-refractivity contribution in [3.8, 4) is 0 Å². The van der Waals surface area contributed by atoms with Crippen molar-refractivity contribution < 1.29 is 0 Å². The molecule has 2 unspecified atom stereocenters. The van der Waals surface area contributed by atoms with Crippen LogP contribution in [0, 0.1) is 0 Å². The van der Waals surface area contributed by atoms with Gasteiger partial charge in [0.25, 0.3) is 0 Å². The van der Waals surface area contributed by atoms with Crippen LogP contribution in [-0.2, 0) is 6.42 Å². The van der Waals surface area contributed by atoms with Crippen LogP contribution in [0.3, 0.4) is 0 Å². The highest BCUT2D eigenvalue weighted by atomic mass is 32.2. The molecule has 120 valence electrons. The van der Waals surface area contributed by atoms with Gasteiger partial charge in [-0.25, -0.2) is 0 Å². The van der Waals surface area contributed by atoms with Gasteiger partial charge < -0.3 is 5.32 Å². The lowest BCUT2D eigenvalue weighted by atomic mass is 9.96. The van der Waals surface area contributed by atoms with E-state index in [1.54, 1.807) is 0 Å². The highest BCUT2D eigenvalue weighted by Gasteiger charge is 2.17. The fourth-order valence-corrected chi connectivity index (χ4v) is 4.01. The number of nitrogens with one attached hydrogen (secondary N) is 1. The molecular weight excluding hydrogens is 278 g/mol. The molecule has 3 nitrogen and oxygen atoms in total. The minimum absolute atomic E-state index is 0.527. The van der Waals surface area contributed by atoms with E-state index >= 15 is 0 Å². The Kier molecular flexibility index (Phi) is 7.11. The highest BCUT2D eigenvalue weighted by molar-refractivity contribution is 7.99. The Morgan fingerprint density at radius 1 is 1.38 bits per heavy atom. The normalized spacial score (nSPS) is 19.6. The first-order valence-electron chi connectivity index (χ1n) is 8.55. The second-order valence-electron chi connectivity index (χ2n) is 6.32. The Bertz CT molecular complexity index is 398. The third kappa shape index (κ3) is 5.33. The first-order chi connectivity index (χ1) is 10.2. The molecule has 1 saturated carbocycles. The molecule has 0 amide bonds. The van der Waals surface area contributed by atoms with Crippen LogP contribution in [0.15, 0.2) is 12.3 Å². The van der Waals surface area contributed by atoms with Gasteiger partial charge in [-0.2, -0.15) is 16.9 Å². The van der Waals surface area contributed by atoms with E-state index in [-0.39, 0.29) is 0 Å². The fourth-order valence-electron chi connectivity index (χ4n) is 2.93. The third-order valence-corrected chi connectivity index (χ3v) is 6.13. The maximum atomic E-state index is 4.84. The van der Waals surface area contributed by atoms with Crippen molar-refractivity contribution in [3.63, 3.8) is 0 Å². The van der Waals surface area contributed by atoms with Gasteiger partial charge in [0, 0.05) is 29.7 Å². The molecule has 4 heteroatoms. The zero-order valence-electron chi connectivity index (χ0n) is 13.8. The van der Waals surface area contributed by atoms with Crippen molar-refractivity contribution >= 4 is 11.8 Å². The van der Waals surface area contributed by atoms with Gasteiger partial charge in [0.2, 0.25) is 0 Å². The minimum Gasteiger partial charge on any atom is -0.316 e. The van der Waals surface area contributed by atoms with Crippen molar-refractivity contribution in [1.82, 2.24) is 15.1 Å². The fraction of sp³-hybridized carbons (Fsp3) is 0.824. The van der Waals surface area contributed by atoms with E-state index in [1.165, 1.54) is 50.0 Å². The predicted molar refractivity (Wildman–Crippen MR) is 93.1 cm³/mol. The molecule has 2 rings (SSSR count). The molecule has 1 aromatic rings. The van der Waals surface area contributed by atoms with Crippen molar-refractivity contribution in [2.45, 2.75) is 76.1 Å². The zero-order chi connectivity index (χ0) is 15.1. The molecule has 0 radical (unpaired) electrons. The summed E-state index contributed by atoms with van der Waals surface area (Å²) in [5.41, 5.74) is 1.24. The first-order valence-corrected chi connectivity index (χ1v) is 9.60. The van der Waals surface area contributed by atoms with Crippen LogP contribution in [0.1, 0.15) is 64.1 Å². The molecule has 2 atom stereocenters. The van der Waals surface area contributed by atoms with E-state index in [0.717, 1.165) is 11.7 Å². The van der Waals surface area contributed by atoms with E-state index in [9.17, 15) is 0 Å². The molecule has 1 aliphatic rings. The molecule has 1 fully saturated rings. The predicted octanol–water partition coefficient (Wildman–Crippen LogP) is 4.05. The molecule has 1 heterocycles. The van der Waals surface area contributed by atoms with E-state index in [0.29, 0.717) is 12.1 Å². The van der Waals surface area contributed by atoms with Crippen LogP contribution in [-0.4, -0.2) is 33.9 Å². The van der Waals surface area contributed by atoms with Gasteiger partial charge in [-0.3, -0.25) is 4.68 Å². The Balaban J connectivity index is 1.84. The van der Waals surface area contributed by atoms with Crippen LogP contribution < -0.4 is 5.32 Å². The molecule has 21 heavy (non-hydrogen) atoms. The lowest BCUT2D eigenvalue weighted by Gasteiger charge is -2.22. The zero-order valence-corrected chi connectivity index (χ0v) is 14.7. The average molecular weight is 310 g/mol. The lowest BCUT2D eigenvalue weighted by Crippen LogP contribution is -2.31. The smallest absolute Gasteiger partial charge is 0.0640 e. The molecular formula is C17H31N3S. The molecule has 1 aliphatic carbocycles. The Hall–Kier alpha value is -0.480. The van der Waals surface area contributed by atoms with Gasteiger partial charge in [-0.1, -0.05) is 33.1 Å². The first kappa shape index (κ1) is 16.9. The number of hydrogen-bond donors (Lipinski definition) is 1. The number of hydrogen-bond acceptors (Lipinski definition) is 3. The second-order valence-corrected chi connectivity index (χ2v) is 7.79. The molecule has 0 aromatic carbocycles. The van der Waals surface area contributed by atoms with E-state index in [1.807, 2.05) is 0 Å². The Morgan fingerprint density at radius 3 is 2.81 bits per heavy atom. The summed E-state index contributed by atoms with van der Waals surface area (Å²) in [4.78, 5) is 0. The molecule has 0 bridgehead atoms. The second kappa shape index (κ2) is 8.84. The monoisotopic (exact) mass is 309 g/mol. The number of likely N-dealkylation sites (N-methyl/N-ethyl adjacent to an activating group) is 1. The van der Waals surface area contributed by atoms with Crippen molar-refractivity contribution in [2.24, 2.45) is 0 Å². The number of thioether (sulfide) groups is 1. The van der Waals surface area contributed by atoms with Gasteiger partial charge in [-0.05, 0) is 32.4 Å². The van der Waals surface area contributed by atoms with E-state index in [4.69, 9.17) is 5.10 Å². The number of rotatable bonds is 8. The Labute approximate surface area is 134 Å². The molecule has 0 aliphatic heterocycles. The maximum absolute atomic E-state index is 4.84. The van der Waals surface area contributed by atoms with Gasteiger partial charge in [0.1, 0.15) is 0 Å². The molecule has 1 N–H and O–H groups in total. The Morgan fingerprint density at radius 2 is 2.14 bits per heavy atom. The maximum Gasteiger partial charge on any atom is 0.0640 e. The number of aromatic nitrogens is 2. The summed E-state index contributed by atoms with van der Waals surface area (Å²) in [5, 5.41) is 9.04. The summed E-state index contributed by atoms with van der Waals surface area (Å²) in [7, 11) is 2.07. The van der Waals surface area contributed by atoms with Gasteiger partial charge in [-0.15, -0.1) is 0 Å². The summed E-state index contributed by atoms with van der Waals surface area (Å²) in [6, 6.07) is 3.39. The van der Waals surface area contributed by atoms with E-state index < -0.39 is 0 Å². The highest BCUT2D eigenvalue weighted by Crippen LogP contribution is 2.27. The minimum atomic E-state index is 0.527. The summed E-state index contributed by atoms with van der Waals surface area (Å²) < 4.78 is 2.23.